The molecule has 0 saturated carbocycles. The highest BCUT2D eigenvalue weighted by atomic mass is 16.6. The van der Waals surface area contributed by atoms with Gasteiger partial charge in [-0.15, -0.1) is 5.10 Å². The molecule has 0 N–H and O–H groups in total. The number of Topliss-reactive ketones (excluding diaryl/α,β-unsaturated/α-hetero) is 1. The number of methoxy groups -OCH3 is 1. The van der Waals surface area contributed by atoms with E-state index < -0.39 is 17.6 Å². The van der Waals surface area contributed by atoms with E-state index in [-0.39, 0.29) is 18.7 Å². The van der Waals surface area contributed by atoms with Crippen molar-refractivity contribution in [3.63, 3.8) is 0 Å². The number of amides is 1. The predicted octanol–water partition coefficient (Wildman–Crippen LogP) is 1.78. The molecule has 7 nitrogen and oxygen atoms in total. The molecular formula is C15H21N3O4. The number of aromatic nitrogens is 2. The second-order valence-electron chi connectivity index (χ2n) is 6.20. The van der Waals surface area contributed by atoms with Crippen LogP contribution < -0.4 is 4.74 Å². The van der Waals surface area contributed by atoms with Crippen LogP contribution in [0.2, 0.25) is 0 Å². The Hall–Kier alpha value is -2.18. The van der Waals surface area contributed by atoms with E-state index in [2.05, 4.69) is 10.2 Å². The molecule has 1 unspecified atom stereocenters. The zero-order chi connectivity index (χ0) is 16.3. The number of carbonyl (C=O) groups is 2. The summed E-state index contributed by atoms with van der Waals surface area (Å²) in [7, 11) is 1.50. The zero-order valence-electron chi connectivity index (χ0n) is 13.3. The molecule has 2 rings (SSSR count). The van der Waals surface area contributed by atoms with Gasteiger partial charge in [0, 0.05) is 25.6 Å². The van der Waals surface area contributed by atoms with Crippen LogP contribution in [0.1, 0.15) is 38.8 Å². The summed E-state index contributed by atoms with van der Waals surface area (Å²) in [6, 6.07) is 3.36. The van der Waals surface area contributed by atoms with Gasteiger partial charge < -0.3 is 14.4 Å². The van der Waals surface area contributed by atoms with Gasteiger partial charge in [-0.05, 0) is 26.8 Å². The van der Waals surface area contributed by atoms with Crippen LogP contribution in [0.3, 0.4) is 0 Å². The Kier molecular flexibility index (Phi) is 4.63. The molecule has 7 heteroatoms. The van der Waals surface area contributed by atoms with Gasteiger partial charge in [-0.1, -0.05) is 0 Å². The van der Waals surface area contributed by atoms with E-state index in [1.807, 2.05) is 20.8 Å². The van der Waals surface area contributed by atoms with Crippen LogP contribution in [0.25, 0.3) is 0 Å². The lowest BCUT2D eigenvalue weighted by atomic mass is 9.93. The average Bonchev–Trinajstić information content (AvgIpc) is 2.46. The number of ketones is 1. The monoisotopic (exact) mass is 307 g/mol. The van der Waals surface area contributed by atoms with Gasteiger partial charge in [0.1, 0.15) is 11.4 Å². The molecule has 1 aliphatic heterocycles. The molecule has 1 atom stereocenters. The second-order valence-corrected chi connectivity index (χ2v) is 6.20. The minimum absolute atomic E-state index is 0.0549. The Morgan fingerprint density at radius 1 is 1.32 bits per heavy atom. The van der Waals surface area contributed by atoms with Crippen LogP contribution in [0.4, 0.5) is 4.79 Å². The number of hydrogen-bond acceptors (Lipinski definition) is 6. The number of rotatable bonds is 2. The summed E-state index contributed by atoms with van der Waals surface area (Å²) in [5.41, 5.74) is -0.0208. The Labute approximate surface area is 129 Å². The molecule has 0 spiro atoms. The van der Waals surface area contributed by atoms with Gasteiger partial charge in [-0.2, -0.15) is 5.10 Å². The van der Waals surface area contributed by atoms with Crippen molar-refractivity contribution in [2.24, 2.45) is 0 Å². The van der Waals surface area contributed by atoms with Gasteiger partial charge in [-0.3, -0.25) is 4.79 Å². The van der Waals surface area contributed by atoms with Crippen LogP contribution in [-0.4, -0.2) is 52.8 Å². The second kappa shape index (κ2) is 6.29. The lowest BCUT2D eigenvalue weighted by Crippen LogP contribution is -2.45. The van der Waals surface area contributed by atoms with Crippen LogP contribution in [-0.2, 0) is 9.53 Å². The number of piperidine rings is 1. The minimum atomic E-state index is -0.562. The summed E-state index contributed by atoms with van der Waals surface area (Å²) in [5, 5.41) is 7.89. The average molecular weight is 307 g/mol. The largest absolute Gasteiger partial charge is 0.480 e. The lowest BCUT2D eigenvalue weighted by Gasteiger charge is -2.33. The summed E-state index contributed by atoms with van der Waals surface area (Å²) in [6.07, 6.45) is -0.121. The summed E-state index contributed by atoms with van der Waals surface area (Å²) in [6.45, 7) is 6.06. The molecule has 0 aromatic carbocycles. The number of ether oxygens (including phenoxy) is 2. The summed E-state index contributed by atoms with van der Waals surface area (Å²) < 4.78 is 10.3. The van der Waals surface area contributed by atoms with E-state index in [0.717, 1.165) is 0 Å². The number of nitrogens with zero attached hydrogens (tertiary/aromatic N) is 3. The fourth-order valence-corrected chi connectivity index (χ4v) is 2.21. The Morgan fingerprint density at radius 2 is 2.05 bits per heavy atom. The van der Waals surface area contributed by atoms with E-state index in [0.29, 0.717) is 18.1 Å². The van der Waals surface area contributed by atoms with Gasteiger partial charge in [-0.25, -0.2) is 4.79 Å². The topological polar surface area (TPSA) is 81.6 Å². The maximum atomic E-state index is 12.1. The molecule has 1 saturated heterocycles. The van der Waals surface area contributed by atoms with Crippen molar-refractivity contribution >= 4 is 11.9 Å². The highest BCUT2D eigenvalue weighted by molar-refractivity contribution is 5.87. The predicted molar refractivity (Wildman–Crippen MR) is 78.8 cm³/mol. The molecule has 0 radical (unpaired) electrons. The van der Waals surface area contributed by atoms with Crippen LogP contribution in [0.15, 0.2) is 12.1 Å². The third-order valence-electron chi connectivity index (χ3n) is 3.30. The maximum Gasteiger partial charge on any atom is 0.410 e. The highest BCUT2D eigenvalue weighted by Crippen LogP contribution is 2.24. The van der Waals surface area contributed by atoms with Gasteiger partial charge in [0.15, 0.2) is 0 Å². The van der Waals surface area contributed by atoms with E-state index in [1.165, 1.54) is 7.11 Å². The van der Waals surface area contributed by atoms with Crippen LogP contribution >= 0.6 is 0 Å². The minimum Gasteiger partial charge on any atom is -0.480 e. The fraction of sp³-hybridized carbons (Fsp3) is 0.600. The zero-order valence-corrected chi connectivity index (χ0v) is 13.3. The first kappa shape index (κ1) is 16.2. The highest BCUT2D eigenvalue weighted by Gasteiger charge is 2.34. The quantitative estimate of drug-likeness (QED) is 0.828. The Morgan fingerprint density at radius 3 is 2.59 bits per heavy atom. The van der Waals surface area contributed by atoms with Crippen molar-refractivity contribution < 1.29 is 19.1 Å². The van der Waals surface area contributed by atoms with E-state index in [1.54, 1.807) is 17.0 Å². The molecule has 1 amide bonds. The molecule has 2 heterocycles. The standard InChI is InChI=1S/C15H21N3O4/c1-15(2,3)22-14(20)18-8-7-12(19)10(9-18)11-5-6-13(21-4)17-16-11/h5-6,10H,7-9H2,1-4H3. The SMILES string of the molecule is COc1ccc(C2CN(C(=O)OC(C)(C)C)CCC2=O)nn1. The van der Waals surface area contributed by atoms with Crippen LogP contribution in [0.5, 0.6) is 5.88 Å². The van der Waals surface area contributed by atoms with Crippen molar-refractivity contribution in [2.45, 2.75) is 38.7 Å². The third kappa shape index (κ3) is 3.93. The molecule has 0 aliphatic carbocycles. The summed E-state index contributed by atoms with van der Waals surface area (Å²) >= 11 is 0. The summed E-state index contributed by atoms with van der Waals surface area (Å²) in [4.78, 5) is 25.8. The Balaban J connectivity index is 2.10. The molecule has 1 aliphatic rings. The van der Waals surface area contributed by atoms with Gasteiger partial charge in [0.05, 0.1) is 18.7 Å². The molecule has 1 aromatic rings. The first-order valence-electron chi connectivity index (χ1n) is 7.18. The lowest BCUT2D eigenvalue weighted by molar-refractivity contribution is -0.123. The smallest absolute Gasteiger partial charge is 0.410 e. The van der Waals surface area contributed by atoms with Gasteiger partial charge in [0.25, 0.3) is 0 Å². The van der Waals surface area contributed by atoms with Gasteiger partial charge >= 0.3 is 6.09 Å². The van der Waals surface area contributed by atoms with Crippen molar-refractivity contribution in [1.29, 1.82) is 0 Å². The van der Waals surface area contributed by atoms with E-state index in [4.69, 9.17) is 9.47 Å². The summed E-state index contributed by atoms with van der Waals surface area (Å²) in [5.74, 6) is -0.0324. The molecule has 1 aromatic heterocycles. The molecule has 120 valence electrons. The molecular weight excluding hydrogens is 286 g/mol. The number of hydrogen-bond donors (Lipinski definition) is 0. The maximum absolute atomic E-state index is 12.1. The van der Waals surface area contributed by atoms with Crippen LogP contribution in [0, 0.1) is 0 Å². The normalized spacial score (nSPS) is 19.0. The van der Waals surface area contributed by atoms with Gasteiger partial charge in [0.2, 0.25) is 5.88 Å². The van der Waals surface area contributed by atoms with Crippen molar-refractivity contribution in [3.8, 4) is 5.88 Å². The fourth-order valence-electron chi connectivity index (χ4n) is 2.21. The Bertz CT molecular complexity index is 551. The number of likely N-dealkylation sites (tertiary alicyclic amines) is 1. The van der Waals surface area contributed by atoms with E-state index in [9.17, 15) is 9.59 Å². The van der Waals surface area contributed by atoms with Crippen molar-refractivity contribution in [2.75, 3.05) is 20.2 Å². The number of carbonyl (C=O) groups excluding carboxylic acids is 2. The molecule has 1 fully saturated rings. The molecule has 0 bridgehead atoms. The third-order valence-corrected chi connectivity index (χ3v) is 3.30. The van der Waals surface area contributed by atoms with Crippen molar-refractivity contribution in [1.82, 2.24) is 15.1 Å². The first-order chi connectivity index (χ1) is 10.3. The van der Waals surface area contributed by atoms with Crippen molar-refractivity contribution in [3.05, 3.63) is 17.8 Å². The first-order valence-corrected chi connectivity index (χ1v) is 7.18. The molecule has 22 heavy (non-hydrogen) atoms. The van der Waals surface area contributed by atoms with E-state index >= 15 is 0 Å².